The second-order valence-electron chi connectivity index (χ2n) is 6.79. The van der Waals surface area contributed by atoms with Gasteiger partial charge in [0.15, 0.2) is 0 Å². The minimum atomic E-state index is 0.240. The molecule has 0 spiro atoms. The Hall–Kier alpha value is -0.540. The van der Waals surface area contributed by atoms with Crippen LogP contribution in [0, 0.1) is 11.8 Å². The summed E-state index contributed by atoms with van der Waals surface area (Å²) in [5.74, 6) is 2.49. The minimum absolute atomic E-state index is 0.240. The quantitative estimate of drug-likeness (QED) is 0.813. The molecule has 0 radical (unpaired) electrons. The molecule has 0 amide bonds. The van der Waals surface area contributed by atoms with Gasteiger partial charge in [-0.2, -0.15) is 0 Å². The summed E-state index contributed by atoms with van der Waals surface area (Å²) < 4.78 is 7.29. The van der Waals surface area contributed by atoms with Crippen LogP contribution in [0.4, 0.5) is 0 Å². The van der Waals surface area contributed by atoms with E-state index in [2.05, 4.69) is 54.9 Å². The molecule has 1 saturated carbocycles. The predicted molar refractivity (Wildman–Crippen MR) is 92.7 cm³/mol. The van der Waals surface area contributed by atoms with Crippen molar-refractivity contribution in [2.45, 2.75) is 65.0 Å². The Morgan fingerprint density at radius 3 is 2.48 bits per heavy atom. The Morgan fingerprint density at radius 2 is 1.90 bits per heavy atom. The molecule has 2 nitrogen and oxygen atoms in total. The van der Waals surface area contributed by atoms with Crippen molar-refractivity contribution < 1.29 is 4.74 Å². The lowest BCUT2D eigenvalue weighted by atomic mass is 9.82. The molecular formula is C18H28BrNO. The number of hydrogen-bond donors (Lipinski definition) is 1. The van der Waals surface area contributed by atoms with Gasteiger partial charge in [0.25, 0.3) is 0 Å². The predicted octanol–water partition coefficient (Wildman–Crippen LogP) is 4.93. The van der Waals surface area contributed by atoms with E-state index in [1.54, 1.807) is 0 Å². The average molecular weight is 354 g/mol. The fraction of sp³-hybridized carbons (Fsp3) is 0.667. The third-order valence-electron chi connectivity index (χ3n) is 4.45. The molecule has 1 aliphatic carbocycles. The molecule has 2 N–H and O–H groups in total. The molecular weight excluding hydrogens is 326 g/mol. The maximum Gasteiger partial charge on any atom is 0.133 e. The molecule has 1 aromatic carbocycles. The number of ether oxygens (including phenoxy) is 1. The molecule has 1 aromatic rings. The minimum Gasteiger partial charge on any atom is -0.489 e. The summed E-state index contributed by atoms with van der Waals surface area (Å²) in [5, 5.41) is 0. The van der Waals surface area contributed by atoms with Gasteiger partial charge in [-0.1, -0.05) is 26.8 Å². The van der Waals surface area contributed by atoms with Crippen molar-refractivity contribution in [3.63, 3.8) is 0 Å². The smallest absolute Gasteiger partial charge is 0.133 e. The first-order valence-electron chi connectivity index (χ1n) is 8.18. The maximum atomic E-state index is 6.24. The molecule has 0 heterocycles. The number of halogens is 1. The molecule has 3 heteroatoms. The molecule has 3 atom stereocenters. The average Bonchev–Trinajstić information content (AvgIpc) is 2.40. The van der Waals surface area contributed by atoms with Crippen molar-refractivity contribution in [3.05, 3.63) is 28.2 Å². The number of nitrogens with two attached hydrogens (primary N) is 1. The highest BCUT2D eigenvalue weighted by molar-refractivity contribution is 9.10. The van der Waals surface area contributed by atoms with Crippen molar-refractivity contribution in [1.82, 2.24) is 0 Å². The lowest BCUT2D eigenvalue weighted by Gasteiger charge is -2.32. The van der Waals surface area contributed by atoms with Gasteiger partial charge in [0.2, 0.25) is 0 Å². The van der Waals surface area contributed by atoms with Crippen LogP contribution in [0.1, 0.15) is 52.0 Å². The number of benzene rings is 1. The van der Waals surface area contributed by atoms with Crippen molar-refractivity contribution in [2.75, 3.05) is 0 Å². The summed E-state index contributed by atoms with van der Waals surface area (Å²) in [6.45, 7) is 6.79. The normalized spacial score (nSPS) is 27.4. The molecule has 1 aliphatic rings. The zero-order chi connectivity index (χ0) is 15.4. The van der Waals surface area contributed by atoms with Gasteiger partial charge in [-0.05, 0) is 77.6 Å². The highest BCUT2D eigenvalue weighted by Crippen LogP contribution is 2.34. The summed E-state index contributed by atoms with van der Waals surface area (Å²) in [4.78, 5) is 0. The van der Waals surface area contributed by atoms with E-state index in [9.17, 15) is 0 Å². The van der Waals surface area contributed by atoms with Gasteiger partial charge in [0.1, 0.15) is 5.75 Å². The lowest BCUT2D eigenvalue weighted by Crippen LogP contribution is -2.28. The van der Waals surface area contributed by atoms with Crippen LogP contribution in [0.5, 0.6) is 5.75 Å². The molecule has 2 rings (SSSR count). The van der Waals surface area contributed by atoms with Crippen LogP contribution in [-0.4, -0.2) is 12.1 Å². The number of rotatable bonds is 5. The van der Waals surface area contributed by atoms with Crippen LogP contribution in [0.15, 0.2) is 22.7 Å². The van der Waals surface area contributed by atoms with Gasteiger partial charge >= 0.3 is 0 Å². The van der Waals surface area contributed by atoms with Crippen LogP contribution in [0.3, 0.4) is 0 Å². The van der Waals surface area contributed by atoms with E-state index in [-0.39, 0.29) is 6.04 Å². The lowest BCUT2D eigenvalue weighted by molar-refractivity contribution is 0.100. The van der Waals surface area contributed by atoms with Crippen molar-refractivity contribution in [1.29, 1.82) is 0 Å². The van der Waals surface area contributed by atoms with Crippen molar-refractivity contribution in [3.8, 4) is 5.75 Å². The first-order valence-corrected chi connectivity index (χ1v) is 8.97. The first-order chi connectivity index (χ1) is 9.97. The Labute approximate surface area is 137 Å². The van der Waals surface area contributed by atoms with Gasteiger partial charge < -0.3 is 10.5 Å². The first kappa shape index (κ1) is 16.8. The van der Waals surface area contributed by atoms with Crippen LogP contribution in [0.2, 0.25) is 0 Å². The van der Waals surface area contributed by atoms with E-state index in [1.807, 2.05) is 0 Å². The third kappa shape index (κ3) is 5.00. The van der Waals surface area contributed by atoms with Crippen LogP contribution < -0.4 is 10.5 Å². The van der Waals surface area contributed by atoms with E-state index in [0.717, 1.165) is 34.9 Å². The van der Waals surface area contributed by atoms with Crippen LogP contribution >= 0.6 is 15.9 Å². The summed E-state index contributed by atoms with van der Waals surface area (Å²) >= 11 is 3.65. The van der Waals surface area contributed by atoms with E-state index in [4.69, 9.17) is 10.5 Å². The molecule has 0 saturated heterocycles. The third-order valence-corrected chi connectivity index (χ3v) is 5.07. The summed E-state index contributed by atoms with van der Waals surface area (Å²) in [7, 11) is 0. The van der Waals surface area contributed by atoms with E-state index in [0.29, 0.717) is 6.10 Å². The molecule has 3 unspecified atom stereocenters. The summed E-state index contributed by atoms with van der Waals surface area (Å²) in [6, 6.07) is 6.63. The van der Waals surface area contributed by atoms with Crippen LogP contribution in [-0.2, 0) is 6.42 Å². The number of hydrogen-bond acceptors (Lipinski definition) is 2. The maximum absolute atomic E-state index is 6.24. The van der Waals surface area contributed by atoms with Gasteiger partial charge in [-0.3, -0.25) is 0 Å². The fourth-order valence-electron chi connectivity index (χ4n) is 3.36. The largest absolute Gasteiger partial charge is 0.489 e. The molecule has 21 heavy (non-hydrogen) atoms. The Kier molecular flexibility index (Phi) is 6.12. The van der Waals surface area contributed by atoms with E-state index in [1.165, 1.54) is 24.8 Å². The van der Waals surface area contributed by atoms with Crippen molar-refractivity contribution >= 4 is 15.9 Å². The zero-order valence-corrected chi connectivity index (χ0v) is 15.0. The van der Waals surface area contributed by atoms with Gasteiger partial charge in [0, 0.05) is 6.04 Å². The monoisotopic (exact) mass is 353 g/mol. The molecule has 1 fully saturated rings. The van der Waals surface area contributed by atoms with E-state index < -0.39 is 0 Å². The highest BCUT2D eigenvalue weighted by Gasteiger charge is 2.25. The SMILES string of the molecule is CCC(N)Cc1ccc(OC2CC(C)CC(C)C2)c(Br)c1. The fourth-order valence-corrected chi connectivity index (χ4v) is 3.88. The Bertz CT molecular complexity index is 453. The van der Waals surface area contributed by atoms with Crippen molar-refractivity contribution in [2.24, 2.45) is 17.6 Å². The standard InChI is InChI=1S/C18H28BrNO/c1-4-15(20)10-14-5-6-18(17(19)11-14)21-16-8-12(2)7-13(3)9-16/h5-6,11-13,15-16H,4,7-10,20H2,1-3H3. The van der Waals surface area contributed by atoms with E-state index >= 15 is 0 Å². The second-order valence-corrected chi connectivity index (χ2v) is 7.65. The van der Waals surface area contributed by atoms with Gasteiger partial charge in [-0.15, -0.1) is 0 Å². The summed E-state index contributed by atoms with van der Waals surface area (Å²) in [6.07, 6.45) is 5.94. The van der Waals surface area contributed by atoms with Crippen LogP contribution in [0.25, 0.3) is 0 Å². The second kappa shape index (κ2) is 7.64. The molecule has 0 bridgehead atoms. The highest BCUT2D eigenvalue weighted by atomic mass is 79.9. The topological polar surface area (TPSA) is 35.2 Å². The van der Waals surface area contributed by atoms with Gasteiger partial charge in [-0.25, -0.2) is 0 Å². The summed E-state index contributed by atoms with van der Waals surface area (Å²) in [5.41, 5.74) is 7.30. The Balaban J connectivity index is 2.00. The zero-order valence-electron chi connectivity index (χ0n) is 13.4. The molecule has 118 valence electrons. The Morgan fingerprint density at radius 1 is 1.24 bits per heavy atom. The molecule has 0 aliphatic heterocycles. The molecule has 0 aromatic heterocycles. The van der Waals surface area contributed by atoms with Gasteiger partial charge in [0.05, 0.1) is 10.6 Å².